The standard InChI is InChI=1S/C22H24N6O3S/c1-31-10-9-26-13-24-18-15(20(26)29)6-3-7-17(18)28-12-14-5-4-8-27(14)19-16(21(28)30)11-23-22(25-19)32-2/h3,6-7,11,13-14H,4-5,8-10,12H2,1-2H3/t14-/m0/s1. The molecular formula is C22H24N6O3S. The average Bonchev–Trinajstić information content (AvgIpc) is 3.25. The zero-order valence-electron chi connectivity index (χ0n) is 18.0. The lowest BCUT2D eigenvalue weighted by Gasteiger charge is -2.27. The van der Waals surface area contributed by atoms with Gasteiger partial charge in [-0.2, -0.15) is 0 Å². The Morgan fingerprint density at radius 1 is 1.25 bits per heavy atom. The number of nitrogens with zero attached hydrogens (tertiary/aromatic N) is 6. The van der Waals surface area contributed by atoms with Gasteiger partial charge in [-0.3, -0.25) is 14.2 Å². The van der Waals surface area contributed by atoms with Crippen molar-refractivity contribution >= 4 is 40.1 Å². The summed E-state index contributed by atoms with van der Waals surface area (Å²) in [6.45, 7) is 2.22. The maximum absolute atomic E-state index is 13.7. The first-order valence-corrected chi connectivity index (χ1v) is 11.8. The fourth-order valence-corrected chi connectivity index (χ4v) is 4.85. The molecule has 5 rings (SSSR count). The van der Waals surface area contributed by atoms with Crippen LogP contribution in [0.1, 0.15) is 23.2 Å². The molecule has 0 spiro atoms. The second-order valence-electron chi connectivity index (χ2n) is 7.91. The fourth-order valence-electron chi connectivity index (χ4n) is 4.52. The number of thioether (sulfide) groups is 1. The van der Waals surface area contributed by atoms with Gasteiger partial charge in [-0.15, -0.1) is 0 Å². The van der Waals surface area contributed by atoms with Gasteiger partial charge in [0.15, 0.2) is 5.16 Å². The summed E-state index contributed by atoms with van der Waals surface area (Å²) in [5.74, 6) is 0.536. The van der Waals surface area contributed by atoms with Crippen LogP contribution < -0.4 is 15.4 Å². The molecule has 2 aliphatic rings. The Morgan fingerprint density at radius 2 is 2.12 bits per heavy atom. The molecule has 2 aliphatic heterocycles. The SMILES string of the molecule is COCCn1cnc2c(N3C[C@@H]4CCCN4c4nc(SC)ncc4C3=O)cccc2c1=O. The van der Waals surface area contributed by atoms with Gasteiger partial charge in [0.2, 0.25) is 0 Å². The van der Waals surface area contributed by atoms with Crippen LogP contribution in [0.2, 0.25) is 0 Å². The quantitative estimate of drug-likeness (QED) is 0.430. The number of hydrogen-bond acceptors (Lipinski definition) is 8. The molecule has 0 unspecified atom stereocenters. The molecule has 1 fully saturated rings. The van der Waals surface area contributed by atoms with Crippen molar-refractivity contribution in [2.45, 2.75) is 30.6 Å². The number of carbonyl (C=O) groups is 1. The number of para-hydroxylation sites is 1. The molecule has 1 atom stereocenters. The van der Waals surface area contributed by atoms with Gasteiger partial charge < -0.3 is 14.5 Å². The van der Waals surface area contributed by atoms with Crippen LogP contribution in [0, 0.1) is 0 Å². The van der Waals surface area contributed by atoms with Crippen LogP contribution in [0.15, 0.2) is 40.7 Å². The van der Waals surface area contributed by atoms with E-state index >= 15 is 0 Å². The molecule has 32 heavy (non-hydrogen) atoms. The fraction of sp³-hybridized carbons (Fsp3) is 0.409. The number of methoxy groups -OCH3 is 1. The van der Waals surface area contributed by atoms with E-state index in [1.54, 1.807) is 30.3 Å². The molecule has 9 nitrogen and oxygen atoms in total. The Kier molecular flexibility index (Phi) is 5.56. The van der Waals surface area contributed by atoms with Gasteiger partial charge in [0.1, 0.15) is 16.9 Å². The number of fused-ring (bicyclic) bond motifs is 4. The van der Waals surface area contributed by atoms with Crippen molar-refractivity contribution in [1.82, 2.24) is 19.5 Å². The highest BCUT2D eigenvalue weighted by molar-refractivity contribution is 7.98. The molecule has 1 saturated heterocycles. The molecule has 10 heteroatoms. The van der Waals surface area contributed by atoms with Gasteiger partial charge in [-0.1, -0.05) is 17.8 Å². The van der Waals surface area contributed by atoms with E-state index in [9.17, 15) is 9.59 Å². The van der Waals surface area contributed by atoms with Gasteiger partial charge in [-0.05, 0) is 31.2 Å². The molecule has 0 aliphatic carbocycles. The molecule has 1 amide bonds. The van der Waals surface area contributed by atoms with Crippen molar-refractivity contribution in [2.24, 2.45) is 0 Å². The molecule has 2 aromatic heterocycles. The molecule has 0 saturated carbocycles. The van der Waals surface area contributed by atoms with Gasteiger partial charge in [0.05, 0.1) is 30.6 Å². The Hall–Kier alpha value is -2.98. The number of amides is 1. The van der Waals surface area contributed by atoms with E-state index in [2.05, 4.69) is 19.9 Å². The molecular weight excluding hydrogens is 428 g/mol. The molecule has 0 bridgehead atoms. The molecule has 4 heterocycles. The first-order valence-electron chi connectivity index (χ1n) is 10.6. The van der Waals surface area contributed by atoms with Crippen molar-refractivity contribution in [2.75, 3.05) is 42.9 Å². The second kappa shape index (κ2) is 8.51. The van der Waals surface area contributed by atoms with E-state index in [0.29, 0.717) is 52.8 Å². The lowest BCUT2D eigenvalue weighted by atomic mass is 10.1. The molecule has 0 N–H and O–H groups in total. The number of carbonyl (C=O) groups excluding carboxylic acids is 1. The zero-order chi connectivity index (χ0) is 22.2. The maximum atomic E-state index is 13.7. The summed E-state index contributed by atoms with van der Waals surface area (Å²) in [7, 11) is 1.60. The second-order valence-corrected chi connectivity index (χ2v) is 8.68. The molecule has 0 radical (unpaired) electrons. The number of benzene rings is 1. The normalized spacial score (nSPS) is 18.1. The Labute approximate surface area is 189 Å². The predicted molar refractivity (Wildman–Crippen MR) is 124 cm³/mol. The summed E-state index contributed by atoms with van der Waals surface area (Å²) < 4.78 is 6.62. The molecule has 1 aromatic carbocycles. The van der Waals surface area contributed by atoms with Gasteiger partial charge in [0, 0.05) is 32.4 Å². The monoisotopic (exact) mass is 452 g/mol. The highest BCUT2D eigenvalue weighted by Crippen LogP contribution is 2.35. The largest absolute Gasteiger partial charge is 0.383 e. The summed E-state index contributed by atoms with van der Waals surface area (Å²) in [6.07, 6.45) is 7.10. The summed E-state index contributed by atoms with van der Waals surface area (Å²) in [5.41, 5.74) is 1.50. The van der Waals surface area contributed by atoms with E-state index in [1.165, 1.54) is 22.7 Å². The highest BCUT2D eigenvalue weighted by Gasteiger charge is 2.38. The van der Waals surface area contributed by atoms with Gasteiger partial charge >= 0.3 is 0 Å². The number of anilines is 2. The van der Waals surface area contributed by atoms with Crippen molar-refractivity contribution < 1.29 is 9.53 Å². The topological polar surface area (TPSA) is 93.4 Å². The maximum Gasteiger partial charge on any atom is 0.263 e. The lowest BCUT2D eigenvalue weighted by molar-refractivity contribution is 0.0988. The van der Waals surface area contributed by atoms with Crippen molar-refractivity contribution in [3.8, 4) is 0 Å². The minimum atomic E-state index is -0.167. The first kappa shape index (κ1) is 20.9. The van der Waals surface area contributed by atoms with Gasteiger partial charge in [-0.25, -0.2) is 15.0 Å². The third-order valence-corrected chi connectivity index (χ3v) is 6.67. The Morgan fingerprint density at radius 3 is 2.94 bits per heavy atom. The zero-order valence-corrected chi connectivity index (χ0v) is 18.8. The minimum absolute atomic E-state index is 0.146. The van der Waals surface area contributed by atoms with Crippen LogP contribution in [0.3, 0.4) is 0 Å². The average molecular weight is 453 g/mol. The number of ether oxygens (including phenoxy) is 1. The Bertz CT molecular complexity index is 1250. The predicted octanol–water partition coefficient (Wildman–Crippen LogP) is 2.18. The van der Waals surface area contributed by atoms with E-state index in [4.69, 9.17) is 4.74 Å². The summed E-state index contributed by atoms with van der Waals surface area (Å²) in [6, 6.07) is 5.57. The van der Waals surface area contributed by atoms with E-state index in [-0.39, 0.29) is 17.5 Å². The number of rotatable bonds is 5. The number of aromatic nitrogens is 4. The third-order valence-electron chi connectivity index (χ3n) is 6.11. The van der Waals surface area contributed by atoms with Crippen LogP contribution in [0.4, 0.5) is 11.5 Å². The van der Waals surface area contributed by atoms with Crippen LogP contribution in [0.5, 0.6) is 0 Å². The van der Waals surface area contributed by atoms with Crippen LogP contribution in [-0.2, 0) is 11.3 Å². The molecule has 3 aromatic rings. The third kappa shape index (κ3) is 3.43. The Balaban J connectivity index is 1.63. The van der Waals surface area contributed by atoms with E-state index in [0.717, 1.165) is 19.4 Å². The summed E-state index contributed by atoms with van der Waals surface area (Å²) in [4.78, 5) is 44.3. The minimum Gasteiger partial charge on any atom is -0.383 e. The highest BCUT2D eigenvalue weighted by atomic mass is 32.2. The first-order chi connectivity index (χ1) is 15.6. The van der Waals surface area contributed by atoms with Crippen LogP contribution in [0.25, 0.3) is 10.9 Å². The summed E-state index contributed by atoms with van der Waals surface area (Å²) in [5, 5.41) is 1.13. The van der Waals surface area contributed by atoms with Crippen molar-refractivity contribution in [3.05, 3.63) is 46.6 Å². The van der Waals surface area contributed by atoms with Crippen molar-refractivity contribution in [3.63, 3.8) is 0 Å². The van der Waals surface area contributed by atoms with Gasteiger partial charge in [0.25, 0.3) is 11.5 Å². The summed E-state index contributed by atoms with van der Waals surface area (Å²) >= 11 is 1.46. The lowest BCUT2D eigenvalue weighted by Crippen LogP contribution is -2.40. The van der Waals surface area contributed by atoms with Crippen LogP contribution >= 0.6 is 11.8 Å². The van der Waals surface area contributed by atoms with Crippen molar-refractivity contribution in [1.29, 1.82) is 0 Å². The van der Waals surface area contributed by atoms with E-state index < -0.39 is 0 Å². The van der Waals surface area contributed by atoms with E-state index in [1.807, 2.05) is 12.3 Å². The number of hydrogen-bond donors (Lipinski definition) is 0. The van der Waals surface area contributed by atoms with Crippen LogP contribution in [-0.4, -0.2) is 64.5 Å². The molecule has 166 valence electrons. The smallest absolute Gasteiger partial charge is 0.263 e.